The summed E-state index contributed by atoms with van der Waals surface area (Å²) in [5.41, 5.74) is 1.37. The number of aliphatic hydroxyl groups is 1. The summed E-state index contributed by atoms with van der Waals surface area (Å²) in [5, 5.41) is 9.98. The fourth-order valence-corrected chi connectivity index (χ4v) is 3.19. The van der Waals surface area contributed by atoms with E-state index in [0.717, 1.165) is 11.3 Å². The maximum absolute atomic E-state index is 12.8. The standard InChI is InChI=1S/C17H20O5/c1-20-11-5-3-10(4-6-11)13-9-22-15-8-14(18)16(21-2)7-12(15)17(13)19/h3-6,9,12,14-16,18H,7-8H2,1-2H3. The van der Waals surface area contributed by atoms with Crippen LogP contribution in [-0.4, -0.2) is 43.4 Å². The van der Waals surface area contributed by atoms with Gasteiger partial charge in [-0.3, -0.25) is 4.79 Å². The van der Waals surface area contributed by atoms with Crippen LogP contribution < -0.4 is 4.74 Å². The summed E-state index contributed by atoms with van der Waals surface area (Å²) in [6.07, 6.45) is 1.25. The lowest BCUT2D eigenvalue weighted by molar-refractivity contribution is -0.136. The van der Waals surface area contributed by atoms with Crippen LogP contribution >= 0.6 is 0 Å². The van der Waals surface area contributed by atoms with E-state index in [1.165, 1.54) is 6.26 Å². The molecule has 0 amide bonds. The third-order valence-electron chi connectivity index (χ3n) is 4.50. The summed E-state index contributed by atoms with van der Waals surface area (Å²) in [6, 6.07) is 7.33. The summed E-state index contributed by atoms with van der Waals surface area (Å²) in [5.74, 6) is 0.525. The quantitative estimate of drug-likeness (QED) is 0.922. The van der Waals surface area contributed by atoms with Crippen molar-refractivity contribution in [2.45, 2.75) is 31.2 Å². The summed E-state index contributed by atoms with van der Waals surface area (Å²) in [4.78, 5) is 12.8. The molecule has 0 radical (unpaired) electrons. The summed E-state index contributed by atoms with van der Waals surface area (Å²) in [6.45, 7) is 0. The molecule has 1 aliphatic heterocycles. The van der Waals surface area contributed by atoms with Crippen molar-refractivity contribution in [3.63, 3.8) is 0 Å². The van der Waals surface area contributed by atoms with E-state index >= 15 is 0 Å². The average Bonchev–Trinajstić information content (AvgIpc) is 2.55. The lowest BCUT2D eigenvalue weighted by Gasteiger charge is -2.39. The van der Waals surface area contributed by atoms with Crippen LogP contribution in [0.25, 0.3) is 5.57 Å². The van der Waals surface area contributed by atoms with Gasteiger partial charge in [0.25, 0.3) is 0 Å². The molecule has 0 saturated heterocycles. The molecule has 2 aliphatic rings. The molecule has 118 valence electrons. The molecule has 22 heavy (non-hydrogen) atoms. The monoisotopic (exact) mass is 304 g/mol. The highest BCUT2D eigenvalue weighted by Crippen LogP contribution is 2.37. The SMILES string of the molecule is COc1ccc(C2=COC3CC(O)C(OC)CC3C2=O)cc1. The van der Waals surface area contributed by atoms with Crippen LogP contribution in [0.5, 0.6) is 5.75 Å². The Hall–Kier alpha value is -1.85. The fraction of sp³-hybridized carbons (Fsp3) is 0.471. The Labute approximate surface area is 129 Å². The molecule has 5 heteroatoms. The van der Waals surface area contributed by atoms with Gasteiger partial charge in [-0.1, -0.05) is 12.1 Å². The highest BCUT2D eigenvalue weighted by atomic mass is 16.5. The molecule has 1 fully saturated rings. The summed E-state index contributed by atoms with van der Waals surface area (Å²) >= 11 is 0. The van der Waals surface area contributed by atoms with Gasteiger partial charge in [-0.05, 0) is 24.1 Å². The Bertz CT molecular complexity index is 577. The number of rotatable bonds is 3. The predicted molar refractivity (Wildman–Crippen MR) is 80.4 cm³/mol. The number of methoxy groups -OCH3 is 2. The summed E-state index contributed by atoms with van der Waals surface area (Å²) in [7, 11) is 3.16. The van der Waals surface area contributed by atoms with Gasteiger partial charge >= 0.3 is 0 Å². The molecule has 1 N–H and O–H groups in total. The minimum absolute atomic E-state index is 0.0513. The molecule has 4 atom stereocenters. The van der Waals surface area contributed by atoms with Gasteiger partial charge < -0.3 is 19.3 Å². The zero-order chi connectivity index (χ0) is 15.7. The van der Waals surface area contributed by atoms with E-state index in [4.69, 9.17) is 14.2 Å². The second kappa shape index (κ2) is 6.10. The maximum Gasteiger partial charge on any atom is 0.173 e. The first kappa shape index (κ1) is 15.1. The number of ketones is 1. The Kier molecular flexibility index (Phi) is 4.18. The van der Waals surface area contributed by atoms with Crippen LogP contribution in [0.3, 0.4) is 0 Å². The zero-order valence-corrected chi connectivity index (χ0v) is 12.7. The second-order valence-electron chi connectivity index (χ2n) is 5.72. The van der Waals surface area contributed by atoms with Gasteiger partial charge in [0.15, 0.2) is 5.78 Å². The number of Topliss-reactive ketones (excluding diaryl/α,β-unsaturated/α-hetero) is 1. The van der Waals surface area contributed by atoms with Crippen LogP contribution in [0.15, 0.2) is 30.5 Å². The molecule has 1 saturated carbocycles. The van der Waals surface area contributed by atoms with E-state index in [1.54, 1.807) is 14.2 Å². The van der Waals surface area contributed by atoms with Crippen LogP contribution in [0.1, 0.15) is 18.4 Å². The molecule has 4 unspecified atom stereocenters. The number of hydrogen-bond donors (Lipinski definition) is 1. The van der Waals surface area contributed by atoms with Crippen LogP contribution in [-0.2, 0) is 14.3 Å². The number of benzene rings is 1. The highest BCUT2D eigenvalue weighted by molar-refractivity contribution is 6.22. The third kappa shape index (κ3) is 2.62. The Morgan fingerprint density at radius 2 is 1.91 bits per heavy atom. The minimum Gasteiger partial charge on any atom is -0.497 e. The van der Waals surface area contributed by atoms with Crippen LogP contribution in [0.2, 0.25) is 0 Å². The van der Waals surface area contributed by atoms with Crippen molar-refractivity contribution < 1.29 is 24.1 Å². The van der Waals surface area contributed by atoms with E-state index in [2.05, 4.69) is 0 Å². The third-order valence-corrected chi connectivity index (χ3v) is 4.50. The van der Waals surface area contributed by atoms with Gasteiger partial charge in [-0.15, -0.1) is 0 Å². The molecule has 0 spiro atoms. The van der Waals surface area contributed by atoms with Crippen molar-refractivity contribution in [2.24, 2.45) is 5.92 Å². The van der Waals surface area contributed by atoms with Gasteiger partial charge in [-0.2, -0.15) is 0 Å². The van der Waals surface area contributed by atoms with Crippen molar-refractivity contribution in [1.29, 1.82) is 0 Å². The summed E-state index contributed by atoms with van der Waals surface area (Å²) < 4.78 is 16.1. The molecule has 1 heterocycles. The molecule has 5 nitrogen and oxygen atoms in total. The van der Waals surface area contributed by atoms with Gasteiger partial charge in [0.1, 0.15) is 11.9 Å². The number of hydrogen-bond acceptors (Lipinski definition) is 5. The molecule has 1 aliphatic carbocycles. The lowest BCUT2D eigenvalue weighted by Crippen LogP contribution is -2.47. The Balaban J connectivity index is 1.84. The highest BCUT2D eigenvalue weighted by Gasteiger charge is 2.44. The van der Waals surface area contributed by atoms with Gasteiger partial charge in [0.2, 0.25) is 0 Å². The number of aliphatic hydroxyl groups excluding tert-OH is 1. The molecule has 1 aromatic carbocycles. The van der Waals surface area contributed by atoms with Gasteiger partial charge in [0.05, 0.1) is 37.1 Å². The van der Waals surface area contributed by atoms with Crippen molar-refractivity contribution in [1.82, 2.24) is 0 Å². The van der Waals surface area contributed by atoms with E-state index in [9.17, 15) is 9.90 Å². The Morgan fingerprint density at radius 1 is 1.18 bits per heavy atom. The topological polar surface area (TPSA) is 65.0 Å². The van der Waals surface area contributed by atoms with E-state index in [1.807, 2.05) is 24.3 Å². The van der Waals surface area contributed by atoms with Crippen molar-refractivity contribution >= 4 is 11.4 Å². The lowest BCUT2D eigenvalue weighted by atomic mass is 9.76. The number of carbonyl (C=O) groups excluding carboxylic acids is 1. The number of ether oxygens (including phenoxy) is 3. The van der Waals surface area contributed by atoms with Crippen LogP contribution in [0, 0.1) is 5.92 Å². The normalized spacial score (nSPS) is 31.0. The number of allylic oxidation sites excluding steroid dienone is 1. The Morgan fingerprint density at radius 3 is 2.55 bits per heavy atom. The minimum atomic E-state index is -0.588. The van der Waals surface area contributed by atoms with Crippen LogP contribution in [0.4, 0.5) is 0 Å². The number of fused-ring (bicyclic) bond motifs is 1. The average molecular weight is 304 g/mol. The smallest absolute Gasteiger partial charge is 0.173 e. The first-order valence-corrected chi connectivity index (χ1v) is 7.39. The molecular weight excluding hydrogens is 284 g/mol. The molecule has 1 aromatic rings. The van der Waals surface area contributed by atoms with E-state index in [0.29, 0.717) is 18.4 Å². The molecule has 0 bridgehead atoms. The van der Waals surface area contributed by atoms with Crippen molar-refractivity contribution in [2.75, 3.05) is 14.2 Å². The van der Waals surface area contributed by atoms with Gasteiger partial charge in [-0.25, -0.2) is 0 Å². The molecule has 3 rings (SSSR count). The largest absolute Gasteiger partial charge is 0.497 e. The first-order valence-electron chi connectivity index (χ1n) is 7.39. The molecular formula is C17H20O5. The molecule has 0 aromatic heterocycles. The number of carbonyl (C=O) groups is 1. The first-order chi connectivity index (χ1) is 10.6. The van der Waals surface area contributed by atoms with E-state index in [-0.39, 0.29) is 23.9 Å². The predicted octanol–water partition coefficient (Wildman–Crippen LogP) is 1.79. The second-order valence-corrected chi connectivity index (χ2v) is 5.72. The van der Waals surface area contributed by atoms with Crippen molar-refractivity contribution in [3.8, 4) is 5.75 Å². The van der Waals surface area contributed by atoms with Crippen molar-refractivity contribution in [3.05, 3.63) is 36.1 Å². The van der Waals surface area contributed by atoms with Gasteiger partial charge in [0, 0.05) is 13.5 Å². The zero-order valence-electron chi connectivity index (χ0n) is 12.7. The maximum atomic E-state index is 12.8. The van der Waals surface area contributed by atoms with E-state index < -0.39 is 6.10 Å². The fourth-order valence-electron chi connectivity index (χ4n) is 3.19.